The second-order valence-electron chi connectivity index (χ2n) is 4.60. The molecule has 0 bridgehead atoms. The maximum atomic E-state index is 4.85. The normalized spacial score (nSPS) is 17.9. The fraction of sp³-hybridized carbons (Fsp3) is 0.750. The lowest BCUT2D eigenvalue weighted by Gasteiger charge is -2.31. The van der Waals surface area contributed by atoms with E-state index in [0.717, 1.165) is 24.7 Å². The maximum Gasteiger partial charge on any atom is 0.124 e. The predicted octanol–water partition coefficient (Wildman–Crippen LogP) is 1.92. The molecule has 5 heteroatoms. The summed E-state index contributed by atoms with van der Waals surface area (Å²) in [5, 5.41) is 7.18. The van der Waals surface area contributed by atoms with Crippen molar-refractivity contribution in [2.45, 2.75) is 25.8 Å². The molecule has 1 N–H and O–H groups in total. The standard InChI is InChI=1S/C12H21N3O.ClH/c1-13-6-2-11-3-7-15(8-4-11)10-12-5-9-16-14-12;/h5,9,11,13H,2-4,6-8,10H2,1H3;1H. The van der Waals surface area contributed by atoms with Crippen molar-refractivity contribution in [3.8, 4) is 0 Å². The zero-order chi connectivity index (χ0) is 11.2. The Hall–Kier alpha value is -0.580. The number of halogens is 1. The molecule has 0 radical (unpaired) electrons. The summed E-state index contributed by atoms with van der Waals surface area (Å²) in [7, 11) is 2.03. The average Bonchev–Trinajstić information content (AvgIpc) is 2.81. The van der Waals surface area contributed by atoms with Crippen molar-refractivity contribution in [2.75, 3.05) is 26.7 Å². The van der Waals surface area contributed by atoms with Gasteiger partial charge in [0.05, 0.1) is 5.69 Å². The van der Waals surface area contributed by atoms with Crippen LogP contribution in [0.1, 0.15) is 25.0 Å². The maximum absolute atomic E-state index is 4.85. The molecule has 17 heavy (non-hydrogen) atoms. The van der Waals surface area contributed by atoms with Crippen LogP contribution in [0.25, 0.3) is 0 Å². The molecule has 0 saturated carbocycles. The summed E-state index contributed by atoms with van der Waals surface area (Å²) in [6.45, 7) is 4.48. The van der Waals surface area contributed by atoms with E-state index in [2.05, 4.69) is 15.4 Å². The Morgan fingerprint density at radius 2 is 2.24 bits per heavy atom. The van der Waals surface area contributed by atoms with Gasteiger partial charge in [-0.25, -0.2) is 0 Å². The molecule has 1 aromatic rings. The monoisotopic (exact) mass is 259 g/mol. The highest BCUT2D eigenvalue weighted by atomic mass is 35.5. The van der Waals surface area contributed by atoms with Crippen LogP contribution in [-0.2, 0) is 6.54 Å². The Balaban J connectivity index is 0.00000144. The zero-order valence-corrected chi connectivity index (χ0v) is 11.2. The van der Waals surface area contributed by atoms with Crippen LogP contribution >= 0.6 is 12.4 Å². The number of rotatable bonds is 5. The Labute approximate surface area is 109 Å². The van der Waals surface area contributed by atoms with E-state index in [4.69, 9.17) is 4.52 Å². The quantitative estimate of drug-likeness (QED) is 0.877. The molecule has 0 aliphatic carbocycles. The van der Waals surface area contributed by atoms with Gasteiger partial charge in [-0.05, 0) is 51.9 Å². The van der Waals surface area contributed by atoms with Gasteiger partial charge in [-0.2, -0.15) is 0 Å². The molecule has 0 unspecified atom stereocenters. The van der Waals surface area contributed by atoms with Crippen molar-refractivity contribution < 1.29 is 4.52 Å². The number of piperidine rings is 1. The molecule has 1 aliphatic rings. The van der Waals surface area contributed by atoms with Gasteiger partial charge in [0.15, 0.2) is 0 Å². The first-order valence-electron chi connectivity index (χ1n) is 6.14. The average molecular weight is 260 g/mol. The van der Waals surface area contributed by atoms with E-state index in [9.17, 15) is 0 Å². The minimum atomic E-state index is 0. The Kier molecular flexibility index (Phi) is 6.55. The van der Waals surface area contributed by atoms with E-state index in [1.165, 1.54) is 32.4 Å². The number of aromatic nitrogens is 1. The number of nitrogens with zero attached hydrogens (tertiary/aromatic N) is 2. The molecule has 1 aromatic heterocycles. The minimum absolute atomic E-state index is 0. The highest BCUT2D eigenvalue weighted by Gasteiger charge is 2.19. The van der Waals surface area contributed by atoms with Crippen LogP contribution in [-0.4, -0.2) is 36.7 Å². The van der Waals surface area contributed by atoms with E-state index in [0.29, 0.717) is 0 Å². The van der Waals surface area contributed by atoms with Crippen molar-refractivity contribution >= 4 is 12.4 Å². The summed E-state index contributed by atoms with van der Waals surface area (Å²) in [5.41, 5.74) is 1.05. The van der Waals surface area contributed by atoms with E-state index < -0.39 is 0 Å². The Bertz CT molecular complexity index is 284. The fourth-order valence-corrected chi connectivity index (χ4v) is 2.33. The lowest BCUT2D eigenvalue weighted by Crippen LogP contribution is -2.34. The first-order valence-corrected chi connectivity index (χ1v) is 6.14. The van der Waals surface area contributed by atoms with Crippen molar-refractivity contribution in [1.82, 2.24) is 15.4 Å². The van der Waals surface area contributed by atoms with Gasteiger partial charge in [-0.1, -0.05) is 5.16 Å². The number of hydrogen-bond acceptors (Lipinski definition) is 4. The third kappa shape index (κ3) is 4.66. The van der Waals surface area contributed by atoms with Gasteiger partial charge >= 0.3 is 0 Å². The largest absolute Gasteiger partial charge is 0.364 e. The van der Waals surface area contributed by atoms with Gasteiger partial charge in [0.25, 0.3) is 0 Å². The Morgan fingerprint density at radius 1 is 1.47 bits per heavy atom. The van der Waals surface area contributed by atoms with E-state index in [-0.39, 0.29) is 12.4 Å². The first kappa shape index (κ1) is 14.5. The lowest BCUT2D eigenvalue weighted by atomic mass is 9.93. The van der Waals surface area contributed by atoms with Crippen LogP contribution in [0.5, 0.6) is 0 Å². The number of nitrogens with one attached hydrogen (secondary N) is 1. The second kappa shape index (κ2) is 7.69. The molecule has 4 nitrogen and oxygen atoms in total. The summed E-state index contributed by atoms with van der Waals surface area (Å²) in [6, 6.07) is 1.95. The number of hydrogen-bond donors (Lipinski definition) is 1. The molecular formula is C12H22ClN3O. The van der Waals surface area contributed by atoms with Crippen molar-refractivity contribution in [1.29, 1.82) is 0 Å². The van der Waals surface area contributed by atoms with Gasteiger partial charge in [0.2, 0.25) is 0 Å². The second-order valence-corrected chi connectivity index (χ2v) is 4.60. The molecule has 1 fully saturated rings. The minimum Gasteiger partial charge on any atom is -0.364 e. The van der Waals surface area contributed by atoms with Crippen LogP contribution in [0.3, 0.4) is 0 Å². The van der Waals surface area contributed by atoms with Crippen LogP contribution in [0.4, 0.5) is 0 Å². The van der Waals surface area contributed by atoms with Crippen LogP contribution in [0.2, 0.25) is 0 Å². The van der Waals surface area contributed by atoms with Gasteiger partial charge in [-0.15, -0.1) is 12.4 Å². The predicted molar refractivity (Wildman–Crippen MR) is 70.3 cm³/mol. The third-order valence-corrected chi connectivity index (χ3v) is 3.39. The molecule has 1 saturated heterocycles. The van der Waals surface area contributed by atoms with Gasteiger partial charge in [0, 0.05) is 12.6 Å². The molecule has 0 spiro atoms. The topological polar surface area (TPSA) is 41.3 Å². The molecule has 0 atom stereocenters. The van der Waals surface area contributed by atoms with Crippen LogP contribution in [0, 0.1) is 5.92 Å². The molecule has 0 aromatic carbocycles. The molecule has 98 valence electrons. The highest BCUT2D eigenvalue weighted by molar-refractivity contribution is 5.85. The molecular weight excluding hydrogens is 238 g/mol. The molecule has 0 amide bonds. The third-order valence-electron chi connectivity index (χ3n) is 3.39. The fourth-order valence-electron chi connectivity index (χ4n) is 2.33. The molecule has 2 rings (SSSR count). The van der Waals surface area contributed by atoms with Crippen molar-refractivity contribution in [3.63, 3.8) is 0 Å². The lowest BCUT2D eigenvalue weighted by molar-refractivity contribution is 0.169. The van der Waals surface area contributed by atoms with Gasteiger partial charge in [-0.3, -0.25) is 4.90 Å². The smallest absolute Gasteiger partial charge is 0.124 e. The van der Waals surface area contributed by atoms with Gasteiger partial charge in [0.1, 0.15) is 6.26 Å². The molecule has 2 heterocycles. The van der Waals surface area contributed by atoms with Crippen molar-refractivity contribution in [3.05, 3.63) is 18.0 Å². The Morgan fingerprint density at radius 3 is 2.82 bits per heavy atom. The molecule has 1 aliphatic heterocycles. The van der Waals surface area contributed by atoms with E-state index >= 15 is 0 Å². The van der Waals surface area contributed by atoms with Crippen molar-refractivity contribution in [2.24, 2.45) is 5.92 Å². The summed E-state index contributed by atoms with van der Waals surface area (Å²) in [4.78, 5) is 2.47. The summed E-state index contributed by atoms with van der Waals surface area (Å²) >= 11 is 0. The van der Waals surface area contributed by atoms with Crippen LogP contribution in [0.15, 0.2) is 16.9 Å². The summed E-state index contributed by atoms with van der Waals surface area (Å²) < 4.78 is 4.85. The summed E-state index contributed by atoms with van der Waals surface area (Å²) in [5.74, 6) is 0.904. The SMILES string of the molecule is CNCCC1CCN(Cc2ccon2)CC1.Cl. The number of likely N-dealkylation sites (tertiary alicyclic amines) is 1. The first-order chi connectivity index (χ1) is 7.88. The highest BCUT2D eigenvalue weighted by Crippen LogP contribution is 2.20. The van der Waals surface area contributed by atoms with E-state index in [1.54, 1.807) is 6.26 Å². The summed E-state index contributed by atoms with van der Waals surface area (Å²) in [6.07, 6.45) is 5.60. The zero-order valence-electron chi connectivity index (χ0n) is 10.4. The van der Waals surface area contributed by atoms with E-state index in [1.807, 2.05) is 13.1 Å². The van der Waals surface area contributed by atoms with Gasteiger partial charge < -0.3 is 9.84 Å². The van der Waals surface area contributed by atoms with Crippen LogP contribution < -0.4 is 5.32 Å².